The zero-order valence-electron chi connectivity index (χ0n) is 14.5. The maximum atomic E-state index is 13.7. The molecule has 4 aromatic rings. The van der Waals surface area contributed by atoms with Crippen molar-refractivity contribution in [3.8, 4) is 0 Å². The SMILES string of the molecule is Cc1cc(N2C(=O)c3oc4ccc(F)cc4c(=O)c3[C@H]2c2cccnc2)no1. The first kappa shape index (κ1) is 16.4. The van der Waals surface area contributed by atoms with Gasteiger partial charge in [-0.15, -0.1) is 0 Å². The van der Waals surface area contributed by atoms with Gasteiger partial charge in [-0.1, -0.05) is 11.2 Å². The molecule has 1 aliphatic rings. The Morgan fingerprint density at radius 3 is 2.75 bits per heavy atom. The lowest BCUT2D eigenvalue weighted by Crippen LogP contribution is -2.29. The summed E-state index contributed by atoms with van der Waals surface area (Å²) >= 11 is 0. The first-order chi connectivity index (χ1) is 13.5. The van der Waals surface area contributed by atoms with Crippen LogP contribution in [0.2, 0.25) is 0 Å². The molecule has 0 radical (unpaired) electrons. The Bertz CT molecular complexity index is 1300. The molecule has 0 unspecified atom stereocenters. The normalized spacial score (nSPS) is 16.0. The minimum Gasteiger partial charge on any atom is -0.450 e. The number of benzene rings is 1. The fourth-order valence-corrected chi connectivity index (χ4v) is 3.50. The highest BCUT2D eigenvalue weighted by Crippen LogP contribution is 2.40. The van der Waals surface area contributed by atoms with Crippen LogP contribution in [0.1, 0.15) is 33.5 Å². The van der Waals surface area contributed by atoms with Crippen molar-refractivity contribution in [2.24, 2.45) is 0 Å². The zero-order valence-corrected chi connectivity index (χ0v) is 14.5. The number of aromatic nitrogens is 2. The number of hydrogen-bond donors (Lipinski definition) is 0. The second-order valence-electron chi connectivity index (χ2n) is 6.47. The molecule has 5 rings (SSSR count). The minimum atomic E-state index is -0.815. The molecule has 4 heterocycles. The van der Waals surface area contributed by atoms with E-state index < -0.39 is 23.2 Å². The molecule has 0 saturated carbocycles. The van der Waals surface area contributed by atoms with Crippen LogP contribution < -0.4 is 10.3 Å². The third-order valence-electron chi connectivity index (χ3n) is 4.69. The summed E-state index contributed by atoms with van der Waals surface area (Å²) in [6.45, 7) is 1.70. The highest BCUT2D eigenvalue weighted by atomic mass is 19.1. The molecule has 0 N–H and O–H groups in total. The molecule has 0 spiro atoms. The van der Waals surface area contributed by atoms with Crippen molar-refractivity contribution >= 4 is 22.7 Å². The molecule has 0 bridgehead atoms. The lowest BCUT2D eigenvalue weighted by atomic mass is 10.00. The van der Waals surface area contributed by atoms with E-state index in [-0.39, 0.29) is 28.1 Å². The van der Waals surface area contributed by atoms with E-state index in [4.69, 9.17) is 8.94 Å². The Kier molecular flexibility index (Phi) is 3.42. The number of aryl methyl sites for hydroxylation is 1. The van der Waals surface area contributed by atoms with Gasteiger partial charge in [0.05, 0.1) is 17.0 Å². The zero-order chi connectivity index (χ0) is 19.4. The first-order valence-electron chi connectivity index (χ1n) is 8.47. The summed E-state index contributed by atoms with van der Waals surface area (Å²) in [4.78, 5) is 31.8. The minimum absolute atomic E-state index is 0.0682. The van der Waals surface area contributed by atoms with Crippen LogP contribution >= 0.6 is 0 Å². The summed E-state index contributed by atoms with van der Waals surface area (Å²) in [6.07, 6.45) is 3.15. The highest BCUT2D eigenvalue weighted by Gasteiger charge is 2.45. The van der Waals surface area contributed by atoms with Crippen molar-refractivity contribution in [1.82, 2.24) is 10.1 Å². The Morgan fingerprint density at radius 2 is 2.04 bits per heavy atom. The van der Waals surface area contributed by atoms with Gasteiger partial charge in [0.15, 0.2) is 11.2 Å². The van der Waals surface area contributed by atoms with E-state index in [0.717, 1.165) is 6.07 Å². The van der Waals surface area contributed by atoms with E-state index in [0.29, 0.717) is 11.3 Å². The van der Waals surface area contributed by atoms with Crippen LogP contribution in [0.25, 0.3) is 11.0 Å². The molecule has 1 aliphatic heterocycles. The number of halogens is 1. The van der Waals surface area contributed by atoms with Crippen LogP contribution in [0, 0.1) is 12.7 Å². The summed E-state index contributed by atoms with van der Waals surface area (Å²) < 4.78 is 24.6. The number of carbonyl (C=O) groups is 1. The fraction of sp³-hybridized carbons (Fsp3) is 0.100. The number of fused-ring (bicyclic) bond motifs is 2. The van der Waals surface area contributed by atoms with Crippen molar-refractivity contribution in [2.45, 2.75) is 13.0 Å². The van der Waals surface area contributed by atoms with Crippen LogP contribution in [0.3, 0.4) is 0 Å². The van der Waals surface area contributed by atoms with E-state index in [2.05, 4.69) is 10.1 Å². The summed E-state index contributed by atoms with van der Waals surface area (Å²) in [5.74, 6) is -0.433. The predicted molar refractivity (Wildman–Crippen MR) is 96.6 cm³/mol. The van der Waals surface area contributed by atoms with Gasteiger partial charge in [0.25, 0.3) is 5.91 Å². The number of pyridine rings is 1. The molecule has 1 atom stereocenters. The highest BCUT2D eigenvalue weighted by molar-refractivity contribution is 6.10. The second kappa shape index (κ2) is 5.85. The van der Waals surface area contributed by atoms with Gasteiger partial charge in [-0.3, -0.25) is 19.5 Å². The predicted octanol–water partition coefficient (Wildman–Crippen LogP) is 3.37. The van der Waals surface area contributed by atoms with Crippen LogP contribution in [0.4, 0.5) is 10.2 Å². The topological polar surface area (TPSA) is 89.4 Å². The molecule has 0 fully saturated rings. The van der Waals surface area contributed by atoms with E-state index in [1.165, 1.54) is 17.0 Å². The van der Waals surface area contributed by atoms with Crippen LogP contribution in [-0.2, 0) is 0 Å². The summed E-state index contributed by atoms with van der Waals surface area (Å²) in [7, 11) is 0. The van der Waals surface area contributed by atoms with E-state index >= 15 is 0 Å². The molecular weight excluding hydrogens is 365 g/mol. The van der Waals surface area contributed by atoms with Gasteiger partial charge in [-0.2, -0.15) is 0 Å². The van der Waals surface area contributed by atoms with Crippen molar-refractivity contribution in [2.75, 3.05) is 4.90 Å². The molecule has 7 nitrogen and oxygen atoms in total. The third kappa shape index (κ3) is 2.27. The largest absolute Gasteiger partial charge is 0.450 e. The molecule has 138 valence electrons. The summed E-state index contributed by atoms with van der Waals surface area (Å²) in [5, 5.41) is 3.99. The van der Waals surface area contributed by atoms with Crippen LogP contribution in [-0.4, -0.2) is 16.0 Å². The Morgan fingerprint density at radius 1 is 1.18 bits per heavy atom. The average molecular weight is 377 g/mol. The Balaban J connectivity index is 1.84. The average Bonchev–Trinajstić information content (AvgIpc) is 3.24. The molecule has 8 heteroatoms. The van der Waals surface area contributed by atoms with Gasteiger partial charge in [0.2, 0.25) is 5.76 Å². The molecular formula is C20H12FN3O4. The lowest BCUT2D eigenvalue weighted by Gasteiger charge is -2.21. The monoisotopic (exact) mass is 377 g/mol. The molecule has 3 aromatic heterocycles. The van der Waals surface area contributed by atoms with E-state index in [9.17, 15) is 14.0 Å². The van der Waals surface area contributed by atoms with Crippen molar-refractivity contribution in [3.05, 3.63) is 87.5 Å². The van der Waals surface area contributed by atoms with Gasteiger partial charge in [-0.05, 0) is 36.8 Å². The maximum absolute atomic E-state index is 13.7. The van der Waals surface area contributed by atoms with Gasteiger partial charge < -0.3 is 8.94 Å². The van der Waals surface area contributed by atoms with Crippen molar-refractivity contribution in [1.29, 1.82) is 0 Å². The van der Waals surface area contributed by atoms with Gasteiger partial charge in [-0.25, -0.2) is 4.39 Å². The summed E-state index contributed by atoms with van der Waals surface area (Å²) in [6, 6.07) is 7.84. The smallest absolute Gasteiger partial charge is 0.296 e. The molecule has 1 aromatic carbocycles. The number of hydrogen-bond acceptors (Lipinski definition) is 6. The molecule has 28 heavy (non-hydrogen) atoms. The number of carbonyl (C=O) groups excluding carboxylic acids is 1. The number of nitrogens with zero attached hydrogens (tertiary/aromatic N) is 3. The molecule has 0 saturated heterocycles. The standard InChI is InChI=1S/C20H12FN3O4/c1-10-7-15(23-28-10)24-17(11-3-2-6-22-9-11)16-18(25)13-8-12(21)4-5-14(13)27-19(16)20(24)26/h2-9,17H,1H3/t17-/m1/s1. The van der Waals surface area contributed by atoms with Crippen molar-refractivity contribution < 1.29 is 18.1 Å². The van der Waals surface area contributed by atoms with E-state index in [1.54, 1.807) is 37.5 Å². The van der Waals surface area contributed by atoms with E-state index in [1.807, 2.05) is 0 Å². The lowest BCUT2D eigenvalue weighted by molar-refractivity contribution is 0.0969. The van der Waals surface area contributed by atoms with Gasteiger partial charge in [0, 0.05) is 18.5 Å². The van der Waals surface area contributed by atoms with Gasteiger partial charge >= 0.3 is 0 Å². The quantitative estimate of drug-likeness (QED) is 0.532. The van der Waals surface area contributed by atoms with Crippen LogP contribution in [0.15, 0.2) is 62.5 Å². The maximum Gasteiger partial charge on any atom is 0.296 e. The Labute approximate surface area is 157 Å². The number of rotatable bonds is 2. The number of anilines is 1. The molecule has 0 aliphatic carbocycles. The molecule has 1 amide bonds. The van der Waals surface area contributed by atoms with Crippen LogP contribution in [0.5, 0.6) is 0 Å². The summed E-state index contributed by atoms with van der Waals surface area (Å²) in [5.41, 5.74) is 0.386. The van der Waals surface area contributed by atoms with Crippen molar-refractivity contribution in [3.63, 3.8) is 0 Å². The third-order valence-corrected chi connectivity index (χ3v) is 4.69. The number of amides is 1. The first-order valence-corrected chi connectivity index (χ1v) is 8.47. The Hall–Kier alpha value is -3.81. The second-order valence-corrected chi connectivity index (χ2v) is 6.47. The van der Waals surface area contributed by atoms with Gasteiger partial charge in [0.1, 0.15) is 17.2 Å². The fourth-order valence-electron chi connectivity index (χ4n) is 3.50.